The summed E-state index contributed by atoms with van der Waals surface area (Å²) in [5, 5.41) is 30.2. The van der Waals surface area contributed by atoms with Crippen molar-refractivity contribution in [3.63, 3.8) is 0 Å². The van der Waals surface area contributed by atoms with Crippen molar-refractivity contribution in [2.24, 2.45) is 0 Å². The molecule has 0 atom stereocenters. The number of pyridine rings is 1. The first-order chi connectivity index (χ1) is 17.8. The predicted octanol–water partition coefficient (Wildman–Crippen LogP) is 3.99. The number of benzene rings is 1. The zero-order valence-corrected chi connectivity index (χ0v) is 20.8. The monoisotopic (exact) mass is 542 g/mol. The van der Waals surface area contributed by atoms with Crippen LogP contribution in [0.2, 0.25) is 0 Å². The minimum atomic E-state index is -1.32. The molecule has 0 amide bonds. The molecule has 0 bridgehead atoms. The van der Waals surface area contributed by atoms with E-state index in [1.807, 2.05) is 9.80 Å². The topological polar surface area (TPSA) is 135 Å². The summed E-state index contributed by atoms with van der Waals surface area (Å²) in [6.45, 7) is 2.12. The average molecular weight is 543 g/mol. The first-order valence-corrected chi connectivity index (χ1v) is 13.1. The Morgan fingerprint density at radius 2 is 1.84 bits per heavy atom. The van der Waals surface area contributed by atoms with Crippen LogP contribution in [0.4, 0.5) is 20.2 Å². The van der Waals surface area contributed by atoms with Crippen molar-refractivity contribution in [1.29, 1.82) is 0 Å². The number of aromatic nitrogens is 3. The Labute approximate surface area is 216 Å². The number of piperazine rings is 1. The highest BCUT2D eigenvalue weighted by molar-refractivity contribution is 7.24. The van der Waals surface area contributed by atoms with Crippen LogP contribution in [0, 0.1) is 15.9 Å². The van der Waals surface area contributed by atoms with Crippen LogP contribution in [-0.4, -0.2) is 56.9 Å². The fraction of sp³-hybridized carbons (Fsp3) is 0.304. The molecule has 4 aromatic rings. The maximum Gasteiger partial charge on any atom is 0.341 e. The lowest BCUT2D eigenvalue weighted by molar-refractivity contribution is -0.380. The van der Waals surface area contributed by atoms with E-state index in [0.717, 1.165) is 30.2 Å². The van der Waals surface area contributed by atoms with Gasteiger partial charge in [-0.2, -0.15) is 0 Å². The van der Waals surface area contributed by atoms with E-state index in [2.05, 4.69) is 10.2 Å². The number of fused-ring (bicyclic) bond motifs is 1. The zero-order chi connectivity index (χ0) is 25.8. The van der Waals surface area contributed by atoms with Crippen LogP contribution in [0.1, 0.15) is 29.2 Å². The fourth-order valence-corrected chi connectivity index (χ4v) is 6.30. The van der Waals surface area contributed by atoms with Gasteiger partial charge in [-0.25, -0.2) is 9.18 Å². The molecule has 2 aliphatic rings. The third-order valence-corrected chi connectivity index (χ3v) is 8.75. The summed E-state index contributed by atoms with van der Waals surface area (Å²) in [6.07, 6.45) is 3.13. The van der Waals surface area contributed by atoms with Crippen molar-refractivity contribution in [2.45, 2.75) is 18.9 Å². The highest BCUT2D eigenvalue weighted by atomic mass is 32.1. The number of rotatable bonds is 6. The molecule has 0 radical (unpaired) electrons. The number of carbonyl (C=O) groups is 1. The van der Waals surface area contributed by atoms with E-state index in [4.69, 9.17) is 0 Å². The van der Waals surface area contributed by atoms with Gasteiger partial charge in [-0.05, 0) is 31.0 Å². The molecule has 4 heterocycles. The van der Waals surface area contributed by atoms with Gasteiger partial charge in [0.05, 0.1) is 21.0 Å². The summed E-state index contributed by atoms with van der Waals surface area (Å²) in [7, 11) is 0. The Kier molecular flexibility index (Phi) is 5.64. The third kappa shape index (κ3) is 4.21. The summed E-state index contributed by atoms with van der Waals surface area (Å²) in [4.78, 5) is 39.4. The van der Waals surface area contributed by atoms with Crippen LogP contribution in [0.15, 0.2) is 35.3 Å². The van der Waals surface area contributed by atoms with E-state index in [9.17, 15) is 24.8 Å². The minimum Gasteiger partial charge on any atom is -0.477 e. The molecule has 1 saturated heterocycles. The molecule has 1 aliphatic heterocycles. The number of carboxylic acids is 1. The van der Waals surface area contributed by atoms with Crippen molar-refractivity contribution < 1.29 is 19.2 Å². The van der Waals surface area contributed by atoms with Gasteiger partial charge in [0.1, 0.15) is 11.4 Å². The maximum absolute atomic E-state index is 15.2. The van der Waals surface area contributed by atoms with Gasteiger partial charge in [-0.3, -0.25) is 14.9 Å². The van der Waals surface area contributed by atoms with Gasteiger partial charge in [0, 0.05) is 49.9 Å². The fourth-order valence-electron chi connectivity index (χ4n) is 4.53. The number of hydrogen-bond acceptors (Lipinski definition) is 10. The van der Waals surface area contributed by atoms with Gasteiger partial charge in [-0.15, -0.1) is 10.2 Å². The zero-order valence-electron chi connectivity index (χ0n) is 19.2. The molecule has 2 fully saturated rings. The maximum atomic E-state index is 15.2. The van der Waals surface area contributed by atoms with Gasteiger partial charge in [-0.1, -0.05) is 22.7 Å². The summed E-state index contributed by atoms with van der Waals surface area (Å²) >= 11 is 2.40. The molecule has 3 aromatic heterocycles. The van der Waals surface area contributed by atoms with Crippen LogP contribution in [0.5, 0.6) is 0 Å². The Bertz CT molecular complexity index is 1620. The number of nitro groups is 1. The summed E-state index contributed by atoms with van der Waals surface area (Å²) < 4.78 is 17.0. The largest absolute Gasteiger partial charge is 0.477 e. The minimum absolute atomic E-state index is 0.0454. The smallest absolute Gasteiger partial charge is 0.341 e. The van der Waals surface area contributed by atoms with Crippen molar-refractivity contribution in [2.75, 3.05) is 36.0 Å². The third-order valence-electron chi connectivity index (χ3n) is 6.56. The van der Waals surface area contributed by atoms with E-state index in [1.54, 1.807) is 16.7 Å². The van der Waals surface area contributed by atoms with Crippen LogP contribution in [0.3, 0.4) is 0 Å². The predicted molar refractivity (Wildman–Crippen MR) is 138 cm³/mol. The molecule has 14 heteroatoms. The number of halogens is 1. The Hall–Kier alpha value is -3.91. The number of nitrogens with zero attached hydrogens (tertiary/aromatic N) is 6. The van der Waals surface area contributed by atoms with Crippen LogP contribution in [-0.2, 0) is 0 Å². The van der Waals surface area contributed by atoms with E-state index in [0.29, 0.717) is 52.4 Å². The first-order valence-electron chi connectivity index (χ1n) is 11.5. The van der Waals surface area contributed by atoms with Gasteiger partial charge in [0.2, 0.25) is 10.6 Å². The van der Waals surface area contributed by atoms with Crippen molar-refractivity contribution >= 4 is 55.4 Å². The quantitative estimate of drug-likeness (QED) is 0.283. The van der Waals surface area contributed by atoms with Gasteiger partial charge in [0.15, 0.2) is 5.01 Å². The number of aromatic carboxylic acids is 1. The molecule has 1 aromatic carbocycles. The molecule has 190 valence electrons. The molecule has 0 unspecified atom stereocenters. The highest BCUT2D eigenvalue weighted by Crippen LogP contribution is 2.39. The summed E-state index contributed by atoms with van der Waals surface area (Å²) in [5.41, 5.74) is -0.130. The van der Waals surface area contributed by atoms with Crippen molar-refractivity contribution in [3.05, 3.63) is 62.2 Å². The van der Waals surface area contributed by atoms with Crippen molar-refractivity contribution in [3.8, 4) is 9.88 Å². The van der Waals surface area contributed by atoms with Gasteiger partial charge in [0.25, 0.3) is 0 Å². The Morgan fingerprint density at radius 3 is 2.49 bits per heavy atom. The van der Waals surface area contributed by atoms with E-state index in [1.165, 1.54) is 23.6 Å². The van der Waals surface area contributed by atoms with Gasteiger partial charge >= 0.3 is 11.0 Å². The van der Waals surface area contributed by atoms with Gasteiger partial charge < -0.3 is 19.5 Å². The second-order valence-electron chi connectivity index (χ2n) is 8.90. The molecule has 1 N–H and O–H groups in total. The standard InChI is InChI=1S/C23H19FN6O5S2/c24-15-9-13-16(29(12-1-2-12)11-14(20(13)31)22(32)33)10-17(15)27-5-7-28(8-6-27)23-26-25-21(37-23)18-3-4-19(36-18)30(34)35/h3-4,9-12H,1-2,5-8H2,(H,32,33). The summed E-state index contributed by atoms with van der Waals surface area (Å²) in [6, 6.07) is 6.02. The van der Waals surface area contributed by atoms with E-state index >= 15 is 4.39 Å². The van der Waals surface area contributed by atoms with Crippen LogP contribution < -0.4 is 15.2 Å². The molecular formula is C23H19FN6O5S2. The lowest BCUT2D eigenvalue weighted by Crippen LogP contribution is -2.46. The Morgan fingerprint density at radius 1 is 1.11 bits per heavy atom. The van der Waals surface area contributed by atoms with Crippen molar-refractivity contribution in [1.82, 2.24) is 14.8 Å². The van der Waals surface area contributed by atoms with Crippen LogP contribution >= 0.6 is 22.7 Å². The molecular weight excluding hydrogens is 523 g/mol. The SMILES string of the molecule is O=C(O)c1cn(C2CC2)c2cc(N3CCN(c4nnc(-c5ccc([N+](=O)[O-])s5)s4)CC3)c(F)cc2c1=O. The lowest BCUT2D eigenvalue weighted by atomic mass is 10.1. The van der Waals surface area contributed by atoms with Crippen LogP contribution in [0.25, 0.3) is 20.8 Å². The molecule has 6 rings (SSSR count). The molecule has 1 aliphatic carbocycles. The normalized spacial score (nSPS) is 15.9. The number of thiophene rings is 1. The highest BCUT2D eigenvalue weighted by Gasteiger charge is 2.29. The number of hydrogen-bond donors (Lipinski definition) is 1. The molecule has 37 heavy (non-hydrogen) atoms. The van der Waals surface area contributed by atoms with E-state index < -0.39 is 22.1 Å². The first kappa shape index (κ1) is 23.5. The molecule has 0 spiro atoms. The van der Waals surface area contributed by atoms with E-state index in [-0.39, 0.29) is 22.0 Å². The lowest BCUT2D eigenvalue weighted by Gasteiger charge is -2.36. The second kappa shape index (κ2) is 8.88. The number of anilines is 2. The average Bonchev–Trinajstić information content (AvgIpc) is 3.38. The summed E-state index contributed by atoms with van der Waals surface area (Å²) in [5.74, 6) is -1.89. The second-order valence-corrected chi connectivity index (χ2v) is 10.9. The molecule has 1 saturated carbocycles. The Balaban J connectivity index is 1.24. The molecule has 11 nitrogen and oxygen atoms in total. The number of carboxylic acid groups (broad SMARTS) is 1.